The van der Waals surface area contributed by atoms with Gasteiger partial charge in [0.1, 0.15) is 5.78 Å². The first kappa shape index (κ1) is 12.1. The molecule has 0 bridgehead atoms. The summed E-state index contributed by atoms with van der Waals surface area (Å²) in [7, 11) is 0. The number of carboxylic acid groups (broad SMARTS) is 1. The van der Waals surface area contributed by atoms with Crippen LogP contribution in [0.3, 0.4) is 0 Å². The lowest BCUT2D eigenvalue weighted by atomic mass is 10.1. The highest BCUT2D eigenvalue weighted by Crippen LogP contribution is 1.99. The molecule has 4 heteroatoms. The highest BCUT2D eigenvalue weighted by molar-refractivity contribution is 5.77. The zero-order chi connectivity index (χ0) is 10.4. The molecule has 0 aliphatic heterocycles. The molecule has 0 aromatic carbocycles. The first-order valence-electron chi connectivity index (χ1n) is 4.42. The van der Waals surface area contributed by atoms with E-state index in [2.05, 4.69) is 0 Å². The van der Waals surface area contributed by atoms with Crippen LogP contribution in [0.25, 0.3) is 0 Å². The highest BCUT2D eigenvalue weighted by atomic mass is 16.4. The molecule has 0 fully saturated rings. The predicted octanol–water partition coefficient (Wildman–Crippen LogP) is 0.618. The summed E-state index contributed by atoms with van der Waals surface area (Å²) in [5, 5.41) is 8.65. The van der Waals surface area contributed by atoms with Crippen LogP contribution in [0.15, 0.2) is 0 Å². The van der Waals surface area contributed by atoms with Crippen LogP contribution in [0.2, 0.25) is 0 Å². The maximum atomic E-state index is 10.8. The molecule has 13 heavy (non-hydrogen) atoms. The van der Waals surface area contributed by atoms with Gasteiger partial charge in [0, 0.05) is 6.54 Å². The molecule has 0 aliphatic rings. The van der Waals surface area contributed by atoms with Gasteiger partial charge in [-0.05, 0) is 13.5 Å². The molecule has 0 aromatic heterocycles. The molecule has 0 saturated heterocycles. The van der Waals surface area contributed by atoms with Gasteiger partial charge >= 0.3 is 5.97 Å². The van der Waals surface area contributed by atoms with Crippen LogP contribution in [0.4, 0.5) is 0 Å². The lowest BCUT2D eigenvalue weighted by Gasteiger charge is -2.20. The number of hydrogen-bond acceptors (Lipinski definition) is 3. The van der Waals surface area contributed by atoms with Crippen molar-refractivity contribution in [2.45, 2.75) is 20.8 Å². The van der Waals surface area contributed by atoms with Gasteiger partial charge in [-0.15, -0.1) is 0 Å². The number of ketones is 1. The number of Topliss-reactive ketones (excluding diaryl/α,β-unsaturated/α-hetero) is 1. The lowest BCUT2D eigenvalue weighted by molar-refractivity contribution is -0.142. The summed E-state index contributed by atoms with van der Waals surface area (Å²) in [6.45, 7) is 6.55. The van der Waals surface area contributed by atoms with Gasteiger partial charge in [-0.1, -0.05) is 13.8 Å². The zero-order valence-electron chi connectivity index (χ0n) is 8.41. The Morgan fingerprint density at radius 3 is 2.31 bits per heavy atom. The topological polar surface area (TPSA) is 57.6 Å². The second kappa shape index (κ2) is 5.70. The normalized spacial score (nSPS) is 12.9. The van der Waals surface area contributed by atoms with E-state index >= 15 is 0 Å². The van der Waals surface area contributed by atoms with E-state index in [4.69, 9.17) is 5.11 Å². The van der Waals surface area contributed by atoms with Crippen molar-refractivity contribution in [3.05, 3.63) is 0 Å². The molecule has 1 atom stereocenters. The Hall–Kier alpha value is -0.900. The van der Waals surface area contributed by atoms with Gasteiger partial charge in [-0.3, -0.25) is 14.5 Å². The Bertz CT molecular complexity index is 191. The van der Waals surface area contributed by atoms with Gasteiger partial charge in [-0.2, -0.15) is 0 Å². The fourth-order valence-electron chi connectivity index (χ4n) is 1.09. The number of hydrogen-bond donors (Lipinski definition) is 1. The molecule has 0 spiro atoms. The van der Waals surface area contributed by atoms with E-state index in [1.54, 1.807) is 6.92 Å². The van der Waals surface area contributed by atoms with E-state index in [1.807, 2.05) is 11.8 Å². The molecule has 0 radical (unpaired) electrons. The van der Waals surface area contributed by atoms with Gasteiger partial charge in [0.2, 0.25) is 0 Å². The minimum absolute atomic E-state index is 0.0689. The Kier molecular flexibility index (Phi) is 5.30. The third-order valence-corrected chi connectivity index (χ3v) is 1.85. The molecule has 0 saturated carbocycles. The summed E-state index contributed by atoms with van der Waals surface area (Å²) in [6.07, 6.45) is 0. The molecule has 0 aliphatic carbocycles. The second-order valence-corrected chi connectivity index (χ2v) is 3.27. The summed E-state index contributed by atoms with van der Waals surface area (Å²) < 4.78 is 0. The zero-order valence-corrected chi connectivity index (χ0v) is 8.41. The Balaban J connectivity index is 3.97. The van der Waals surface area contributed by atoms with E-state index in [-0.39, 0.29) is 5.78 Å². The van der Waals surface area contributed by atoms with Crippen LogP contribution in [-0.4, -0.2) is 41.4 Å². The number of carbonyl (C=O) groups is 2. The van der Waals surface area contributed by atoms with Crippen molar-refractivity contribution in [1.82, 2.24) is 4.90 Å². The number of aliphatic carboxylic acids is 1. The fraction of sp³-hybridized carbons (Fsp3) is 0.778. The van der Waals surface area contributed by atoms with E-state index in [0.717, 1.165) is 0 Å². The van der Waals surface area contributed by atoms with E-state index < -0.39 is 11.9 Å². The number of carboxylic acids is 1. The third-order valence-electron chi connectivity index (χ3n) is 1.85. The minimum Gasteiger partial charge on any atom is -0.481 e. The van der Waals surface area contributed by atoms with Crippen molar-refractivity contribution in [2.75, 3.05) is 19.6 Å². The van der Waals surface area contributed by atoms with Crippen LogP contribution in [-0.2, 0) is 9.59 Å². The smallest absolute Gasteiger partial charge is 0.307 e. The Morgan fingerprint density at radius 2 is 2.00 bits per heavy atom. The van der Waals surface area contributed by atoms with Crippen LogP contribution >= 0.6 is 0 Å². The van der Waals surface area contributed by atoms with E-state index in [9.17, 15) is 9.59 Å². The van der Waals surface area contributed by atoms with Crippen LogP contribution in [0.1, 0.15) is 20.8 Å². The number of rotatable bonds is 6. The number of carbonyl (C=O) groups excluding carboxylic acids is 1. The van der Waals surface area contributed by atoms with Gasteiger partial charge in [-0.25, -0.2) is 0 Å². The molecule has 0 heterocycles. The van der Waals surface area contributed by atoms with Gasteiger partial charge in [0.15, 0.2) is 0 Å². The molecule has 4 nitrogen and oxygen atoms in total. The Morgan fingerprint density at radius 1 is 1.46 bits per heavy atom. The Labute approximate surface area is 78.5 Å². The first-order valence-corrected chi connectivity index (χ1v) is 4.42. The summed E-state index contributed by atoms with van der Waals surface area (Å²) in [6, 6.07) is 0. The standard InChI is InChI=1S/C9H17NO3/c1-4-10(6-8(3)11)5-7(2)9(12)13/h7H,4-6H2,1-3H3,(H,12,13). The highest BCUT2D eigenvalue weighted by Gasteiger charge is 2.15. The van der Waals surface area contributed by atoms with Crippen molar-refractivity contribution < 1.29 is 14.7 Å². The first-order chi connectivity index (χ1) is 5.97. The van der Waals surface area contributed by atoms with E-state index in [0.29, 0.717) is 19.6 Å². The quantitative estimate of drug-likeness (QED) is 0.662. The van der Waals surface area contributed by atoms with E-state index in [1.165, 1.54) is 6.92 Å². The molecule has 0 aromatic rings. The summed E-state index contributed by atoms with van der Waals surface area (Å²) in [4.78, 5) is 23.1. The number of likely N-dealkylation sites (N-methyl/N-ethyl adjacent to an activating group) is 1. The van der Waals surface area contributed by atoms with Crippen molar-refractivity contribution in [3.8, 4) is 0 Å². The molecule has 76 valence electrons. The van der Waals surface area contributed by atoms with Gasteiger partial charge in [0.25, 0.3) is 0 Å². The molecule has 1 N–H and O–H groups in total. The van der Waals surface area contributed by atoms with Crippen LogP contribution in [0, 0.1) is 5.92 Å². The molecular formula is C9H17NO3. The third kappa shape index (κ3) is 5.36. The molecule has 0 rings (SSSR count). The summed E-state index contributed by atoms with van der Waals surface area (Å²) in [5.41, 5.74) is 0. The van der Waals surface area contributed by atoms with Crippen molar-refractivity contribution in [1.29, 1.82) is 0 Å². The van der Waals surface area contributed by atoms with Crippen LogP contribution < -0.4 is 0 Å². The lowest BCUT2D eigenvalue weighted by Crippen LogP contribution is -2.34. The second-order valence-electron chi connectivity index (χ2n) is 3.27. The molecule has 1 unspecified atom stereocenters. The maximum Gasteiger partial charge on any atom is 0.307 e. The molecular weight excluding hydrogens is 170 g/mol. The maximum absolute atomic E-state index is 10.8. The average molecular weight is 187 g/mol. The summed E-state index contributed by atoms with van der Waals surface area (Å²) in [5.74, 6) is -1.17. The largest absolute Gasteiger partial charge is 0.481 e. The molecule has 0 amide bonds. The summed E-state index contributed by atoms with van der Waals surface area (Å²) >= 11 is 0. The van der Waals surface area contributed by atoms with Crippen molar-refractivity contribution in [2.24, 2.45) is 5.92 Å². The van der Waals surface area contributed by atoms with Crippen LogP contribution in [0.5, 0.6) is 0 Å². The van der Waals surface area contributed by atoms with Crippen molar-refractivity contribution >= 4 is 11.8 Å². The fourth-order valence-corrected chi connectivity index (χ4v) is 1.09. The minimum atomic E-state index is -0.818. The van der Waals surface area contributed by atoms with Crippen molar-refractivity contribution in [3.63, 3.8) is 0 Å². The predicted molar refractivity (Wildman–Crippen MR) is 49.6 cm³/mol. The van der Waals surface area contributed by atoms with Gasteiger partial charge < -0.3 is 5.11 Å². The monoisotopic (exact) mass is 187 g/mol. The average Bonchev–Trinajstić information content (AvgIpc) is 2.02. The SMILES string of the molecule is CCN(CC(C)=O)CC(C)C(=O)O. The number of nitrogens with zero attached hydrogens (tertiary/aromatic N) is 1. The van der Waals surface area contributed by atoms with Gasteiger partial charge in [0.05, 0.1) is 12.5 Å².